The number of nitrogens with one attached hydrogen (secondary N) is 2. The Morgan fingerprint density at radius 3 is 2.46 bits per heavy atom. The van der Waals surface area contributed by atoms with Gasteiger partial charge in [0.25, 0.3) is 5.91 Å². The fourth-order valence-electron chi connectivity index (χ4n) is 2.31. The molecule has 2 rings (SSSR count). The number of unbranched alkanes of at least 4 members (excludes halogenated alkanes) is 1. The first-order chi connectivity index (χ1) is 12.5. The molecule has 0 aliphatic rings. The van der Waals surface area contributed by atoms with E-state index in [1.54, 1.807) is 30.3 Å². The Hall–Kier alpha value is -2.38. The molecule has 0 aromatic heterocycles. The average Bonchev–Trinajstić information content (AvgIpc) is 2.64. The fraction of sp³-hybridized carbons (Fsp3) is 0.316. The minimum Gasteiger partial charge on any atom is -0.492 e. The van der Waals surface area contributed by atoms with Crippen molar-refractivity contribution in [2.24, 2.45) is 0 Å². The van der Waals surface area contributed by atoms with Gasteiger partial charge < -0.3 is 10.1 Å². The lowest BCUT2D eigenvalue weighted by atomic mass is 10.2. The normalized spacial score (nSPS) is 11.2. The van der Waals surface area contributed by atoms with Crippen LogP contribution in [0.3, 0.4) is 0 Å². The highest BCUT2D eigenvalue weighted by Crippen LogP contribution is 2.28. The van der Waals surface area contributed by atoms with Gasteiger partial charge in [-0.15, -0.1) is 0 Å². The van der Waals surface area contributed by atoms with E-state index in [-0.39, 0.29) is 10.8 Å². The van der Waals surface area contributed by atoms with E-state index in [2.05, 4.69) is 10.0 Å². The zero-order valence-electron chi connectivity index (χ0n) is 15.0. The van der Waals surface area contributed by atoms with Crippen molar-refractivity contribution in [2.75, 3.05) is 18.5 Å². The highest BCUT2D eigenvalue weighted by atomic mass is 32.2. The summed E-state index contributed by atoms with van der Waals surface area (Å²) in [4.78, 5) is 12.5. The summed E-state index contributed by atoms with van der Waals surface area (Å²) in [6, 6.07) is 13.1. The van der Waals surface area contributed by atoms with Crippen LogP contribution in [-0.2, 0) is 10.0 Å². The van der Waals surface area contributed by atoms with E-state index in [9.17, 15) is 13.2 Å². The van der Waals surface area contributed by atoms with Crippen LogP contribution >= 0.6 is 0 Å². The third-order valence-electron chi connectivity index (χ3n) is 3.67. The van der Waals surface area contributed by atoms with Crippen LogP contribution in [0, 0.1) is 0 Å². The van der Waals surface area contributed by atoms with Crippen LogP contribution in [0.15, 0.2) is 53.4 Å². The molecule has 0 spiro atoms. The standard InChI is InChI=1S/C19H24N2O4S/c1-3-5-13-20-26(23,24)16-11-12-18(25-4-2)17(14-16)21-19(22)15-9-7-6-8-10-15/h6-12,14,20H,3-5,13H2,1-2H3,(H,21,22). The van der Waals surface area contributed by atoms with Crippen molar-refractivity contribution in [1.29, 1.82) is 0 Å². The maximum absolute atomic E-state index is 12.4. The highest BCUT2D eigenvalue weighted by Gasteiger charge is 2.17. The molecule has 0 atom stereocenters. The molecule has 0 heterocycles. The largest absolute Gasteiger partial charge is 0.492 e. The van der Waals surface area contributed by atoms with Crippen LogP contribution in [0.5, 0.6) is 5.75 Å². The van der Waals surface area contributed by atoms with Gasteiger partial charge in [0.1, 0.15) is 5.75 Å². The van der Waals surface area contributed by atoms with Gasteiger partial charge in [-0.25, -0.2) is 13.1 Å². The topological polar surface area (TPSA) is 84.5 Å². The van der Waals surface area contributed by atoms with Gasteiger partial charge in [-0.3, -0.25) is 4.79 Å². The summed E-state index contributed by atoms with van der Waals surface area (Å²) in [6.07, 6.45) is 1.65. The molecule has 0 bridgehead atoms. The van der Waals surface area contributed by atoms with Crippen LogP contribution in [0.4, 0.5) is 5.69 Å². The number of hydrogen-bond acceptors (Lipinski definition) is 4. The molecule has 0 radical (unpaired) electrons. The van der Waals surface area contributed by atoms with Gasteiger partial charge >= 0.3 is 0 Å². The molecule has 140 valence electrons. The molecule has 0 saturated heterocycles. The summed E-state index contributed by atoms with van der Waals surface area (Å²) >= 11 is 0. The van der Waals surface area contributed by atoms with E-state index >= 15 is 0 Å². The summed E-state index contributed by atoms with van der Waals surface area (Å²) in [5.41, 5.74) is 0.795. The van der Waals surface area contributed by atoms with Gasteiger partial charge in [0, 0.05) is 12.1 Å². The molecular weight excluding hydrogens is 352 g/mol. The Kier molecular flexibility index (Phi) is 7.17. The van der Waals surface area contributed by atoms with Gasteiger partial charge in [0.15, 0.2) is 0 Å². The highest BCUT2D eigenvalue weighted by molar-refractivity contribution is 7.89. The Balaban J connectivity index is 2.29. The Morgan fingerprint density at radius 1 is 1.08 bits per heavy atom. The lowest BCUT2D eigenvalue weighted by Gasteiger charge is -2.14. The fourth-order valence-corrected chi connectivity index (χ4v) is 3.41. The zero-order chi connectivity index (χ0) is 19.0. The van der Waals surface area contributed by atoms with E-state index in [1.165, 1.54) is 12.1 Å². The molecule has 26 heavy (non-hydrogen) atoms. The Bertz CT molecular complexity index is 836. The summed E-state index contributed by atoms with van der Waals surface area (Å²) in [5.74, 6) is 0.0873. The smallest absolute Gasteiger partial charge is 0.255 e. The quantitative estimate of drug-likeness (QED) is 0.657. The van der Waals surface area contributed by atoms with Crippen molar-refractivity contribution in [3.8, 4) is 5.75 Å². The first-order valence-corrected chi connectivity index (χ1v) is 10.1. The molecule has 0 aliphatic carbocycles. The average molecular weight is 376 g/mol. The summed E-state index contributed by atoms with van der Waals surface area (Å²) in [5, 5.41) is 2.74. The van der Waals surface area contributed by atoms with Crippen LogP contribution < -0.4 is 14.8 Å². The lowest BCUT2D eigenvalue weighted by Crippen LogP contribution is -2.25. The molecule has 2 aromatic carbocycles. The number of benzene rings is 2. The molecular formula is C19H24N2O4S. The van der Waals surface area contributed by atoms with Crippen molar-refractivity contribution in [3.63, 3.8) is 0 Å². The van der Waals surface area contributed by atoms with Crippen molar-refractivity contribution >= 4 is 21.6 Å². The second-order valence-electron chi connectivity index (χ2n) is 5.66. The van der Waals surface area contributed by atoms with Gasteiger partial charge in [0.05, 0.1) is 17.2 Å². The minimum absolute atomic E-state index is 0.0837. The first-order valence-electron chi connectivity index (χ1n) is 8.60. The number of carbonyl (C=O) groups excluding carboxylic acids is 1. The molecule has 0 unspecified atom stereocenters. The Morgan fingerprint density at radius 2 is 1.81 bits per heavy atom. The van der Waals surface area contributed by atoms with Crippen LogP contribution in [0.2, 0.25) is 0 Å². The van der Waals surface area contributed by atoms with Gasteiger partial charge in [-0.05, 0) is 43.7 Å². The van der Waals surface area contributed by atoms with Crippen LogP contribution in [0.1, 0.15) is 37.0 Å². The van der Waals surface area contributed by atoms with Crippen molar-refractivity contribution < 1.29 is 17.9 Å². The summed E-state index contributed by atoms with van der Waals surface area (Å²) < 4.78 is 32.9. The molecule has 0 aliphatic heterocycles. The van der Waals surface area contributed by atoms with Crippen molar-refractivity contribution in [2.45, 2.75) is 31.6 Å². The lowest BCUT2D eigenvalue weighted by molar-refractivity contribution is 0.102. The molecule has 0 fully saturated rings. The van der Waals surface area contributed by atoms with Crippen molar-refractivity contribution in [3.05, 3.63) is 54.1 Å². The number of ether oxygens (including phenoxy) is 1. The van der Waals surface area contributed by atoms with E-state index in [0.717, 1.165) is 12.8 Å². The van der Waals surface area contributed by atoms with Crippen LogP contribution in [0.25, 0.3) is 0 Å². The molecule has 6 nitrogen and oxygen atoms in total. The number of anilines is 1. The molecule has 0 saturated carbocycles. The van der Waals surface area contributed by atoms with E-state index in [1.807, 2.05) is 19.9 Å². The maximum atomic E-state index is 12.4. The Labute approximate surface area is 154 Å². The SMILES string of the molecule is CCCCNS(=O)(=O)c1ccc(OCC)c(NC(=O)c2ccccc2)c1. The minimum atomic E-state index is -3.64. The third-order valence-corrected chi connectivity index (χ3v) is 5.13. The maximum Gasteiger partial charge on any atom is 0.255 e. The second-order valence-corrected chi connectivity index (χ2v) is 7.43. The molecule has 2 N–H and O–H groups in total. The van der Waals surface area contributed by atoms with Crippen LogP contribution in [-0.4, -0.2) is 27.5 Å². The van der Waals surface area contributed by atoms with E-state index in [0.29, 0.717) is 30.2 Å². The predicted octanol–water partition coefficient (Wildman–Crippen LogP) is 3.42. The number of hydrogen-bond donors (Lipinski definition) is 2. The number of sulfonamides is 1. The van der Waals surface area contributed by atoms with E-state index in [4.69, 9.17) is 4.74 Å². The van der Waals surface area contributed by atoms with E-state index < -0.39 is 10.0 Å². The number of carbonyl (C=O) groups is 1. The summed E-state index contributed by atoms with van der Waals surface area (Å²) in [6.45, 7) is 4.58. The van der Waals surface area contributed by atoms with Crippen molar-refractivity contribution in [1.82, 2.24) is 4.72 Å². The number of amides is 1. The predicted molar refractivity (Wildman–Crippen MR) is 102 cm³/mol. The first kappa shape index (κ1) is 19.9. The van der Waals surface area contributed by atoms with Gasteiger partial charge in [-0.2, -0.15) is 0 Å². The molecule has 1 amide bonds. The third kappa shape index (κ3) is 5.31. The zero-order valence-corrected chi connectivity index (χ0v) is 15.8. The molecule has 2 aromatic rings. The molecule has 7 heteroatoms. The number of rotatable bonds is 9. The van der Waals surface area contributed by atoms with Gasteiger partial charge in [0.2, 0.25) is 10.0 Å². The monoisotopic (exact) mass is 376 g/mol. The van der Waals surface area contributed by atoms with Gasteiger partial charge in [-0.1, -0.05) is 31.5 Å². The second kappa shape index (κ2) is 9.35. The summed E-state index contributed by atoms with van der Waals surface area (Å²) in [7, 11) is -3.64.